The molecule has 6 nitrogen and oxygen atoms in total. The average Bonchev–Trinajstić information content (AvgIpc) is 2.37. The van der Waals surface area contributed by atoms with Crippen molar-refractivity contribution >= 4 is 5.82 Å². The van der Waals surface area contributed by atoms with Gasteiger partial charge in [-0.05, 0) is 26.0 Å². The van der Waals surface area contributed by atoms with Crippen LogP contribution in [0.5, 0.6) is 0 Å². The number of methoxy groups -OCH3 is 1. The first kappa shape index (κ1) is 13.4. The summed E-state index contributed by atoms with van der Waals surface area (Å²) in [7, 11) is 1.62. The number of pyridine rings is 1. The Labute approximate surface area is 112 Å². The quantitative estimate of drug-likeness (QED) is 0.640. The van der Waals surface area contributed by atoms with E-state index in [2.05, 4.69) is 20.4 Å². The lowest BCUT2D eigenvalue weighted by Gasteiger charge is -2.08. The molecular formula is C13H17N5O. The SMILES string of the molecule is COCc1cc(NN)nc(-c2cc(C)nc(C)c2)n1. The van der Waals surface area contributed by atoms with Crippen molar-refractivity contribution in [2.45, 2.75) is 20.5 Å². The van der Waals surface area contributed by atoms with Crippen LogP contribution in [0.25, 0.3) is 11.4 Å². The van der Waals surface area contributed by atoms with Crippen molar-refractivity contribution in [1.82, 2.24) is 15.0 Å². The molecule has 0 amide bonds. The van der Waals surface area contributed by atoms with Gasteiger partial charge in [-0.15, -0.1) is 0 Å². The van der Waals surface area contributed by atoms with E-state index in [1.165, 1.54) is 0 Å². The van der Waals surface area contributed by atoms with Gasteiger partial charge in [0.05, 0.1) is 12.3 Å². The van der Waals surface area contributed by atoms with Gasteiger partial charge in [0.15, 0.2) is 5.82 Å². The van der Waals surface area contributed by atoms with Crippen molar-refractivity contribution < 1.29 is 4.74 Å². The second-order valence-electron chi connectivity index (χ2n) is 4.28. The summed E-state index contributed by atoms with van der Waals surface area (Å²) in [6.45, 7) is 4.29. The maximum atomic E-state index is 5.43. The number of nitrogen functional groups attached to an aromatic ring is 1. The summed E-state index contributed by atoms with van der Waals surface area (Å²) in [4.78, 5) is 13.2. The number of nitrogens with zero attached hydrogens (tertiary/aromatic N) is 3. The van der Waals surface area contributed by atoms with Crippen LogP contribution in [0.4, 0.5) is 5.82 Å². The second-order valence-corrected chi connectivity index (χ2v) is 4.28. The Kier molecular flexibility index (Phi) is 4.03. The lowest BCUT2D eigenvalue weighted by molar-refractivity contribution is 0.181. The van der Waals surface area contributed by atoms with Gasteiger partial charge in [0.2, 0.25) is 0 Å². The highest BCUT2D eigenvalue weighted by Crippen LogP contribution is 2.19. The number of anilines is 1. The zero-order valence-electron chi connectivity index (χ0n) is 11.3. The Morgan fingerprint density at radius 2 is 1.79 bits per heavy atom. The molecule has 0 aromatic carbocycles. The number of aryl methyl sites for hydroxylation is 2. The molecule has 0 spiro atoms. The van der Waals surface area contributed by atoms with Gasteiger partial charge in [0.1, 0.15) is 5.82 Å². The van der Waals surface area contributed by atoms with E-state index in [0.717, 1.165) is 22.6 Å². The van der Waals surface area contributed by atoms with E-state index < -0.39 is 0 Å². The van der Waals surface area contributed by atoms with Crippen LogP contribution < -0.4 is 11.3 Å². The topological polar surface area (TPSA) is 86.0 Å². The van der Waals surface area contributed by atoms with Crippen molar-refractivity contribution in [1.29, 1.82) is 0 Å². The van der Waals surface area contributed by atoms with Gasteiger partial charge < -0.3 is 10.2 Å². The van der Waals surface area contributed by atoms with Crippen molar-refractivity contribution in [3.8, 4) is 11.4 Å². The van der Waals surface area contributed by atoms with E-state index in [1.807, 2.05) is 26.0 Å². The molecule has 100 valence electrons. The van der Waals surface area contributed by atoms with Crippen LogP contribution in [-0.4, -0.2) is 22.1 Å². The molecule has 0 saturated carbocycles. The van der Waals surface area contributed by atoms with Gasteiger partial charge in [0.25, 0.3) is 0 Å². The molecule has 0 aliphatic heterocycles. The fourth-order valence-electron chi connectivity index (χ4n) is 1.89. The standard InChI is InChI=1S/C13H17N5O/c1-8-4-10(5-9(2)15-8)13-16-11(7-19-3)6-12(17-13)18-14/h4-6H,7,14H2,1-3H3,(H,16,17,18). The average molecular weight is 259 g/mol. The van der Waals surface area contributed by atoms with Gasteiger partial charge in [-0.3, -0.25) is 4.98 Å². The Bertz CT molecular complexity index is 565. The van der Waals surface area contributed by atoms with E-state index in [4.69, 9.17) is 10.6 Å². The van der Waals surface area contributed by atoms with E-state index >= 15 is 0 Å². The molecule has 19 heavy (non-hydrogen) atoms. The summed E-state index contributed by atoms with van der Waals surface area (Å²) in [5.74, 6) is 6.60. The van der Waals surface area contributed by atoms with Crippen molar-refractivity contribution in [2.75, 3.05) is 12.5 Å². The maximum Gasteiger partial charge on any atom is 0.162 e. The smallest absolute Gasteiger partial charge is 0.162 e. The molecule has 0 unspecified atom stereocenters. The summed E-state index contributed by atoms with van der Waals surface area (Å²) >= 11 is 0. The van der Waals surface area contributed by atoms with Crippen molar-refractivity contribution in [3.63, 3.8) is 0 Å². The molecular weight excluding hydrogens is 242 g/mol. The van der Waals surface area contributed by atoms with E-state index in [-0.39, 0.29) is 0 Å². The van der Waals surface area contributed by atoms with Crippen LogP contribution in [-0.2, 0) is 11.3 Å². The molecule has 0 saturated heterocycles. The predicted octanol–water partition coefficient (Wildman–Crippen LogP) is 1.59. The molecule has 0 bridgehead atoms. The van der Waals surface area contributed by atoms with E-state index in [1.54, 1.807) is 13.2 Å². The number of ether oxygens (including phenoxy) is 1. The van der Waals surface area contributed by atoms with Crippen LogP contribution in [0.15, 0.2) is 18.2 Å². The molecule has 0 aliphatic rings. The molecule has 0 fully saturated rings. The molecule has 0 atom stereocenters. The zero-order chi connectivity index (χ0) is 13.8. The monoisotopic (exact) mass is 259 g/mol. The highest BCUT2D eigenvalue weighted by Gasteiger charge is 2.08. The zero-order valence-corrected chi connectivity index (χ0v) is 11.3. The van der Waals surface area contributed by atoms with E-state index in [0.29, 0.717) is 18.2 Å². The number of hydrazine groups is 1. The van der Waals surface area contributed by atoms with Gasteiger partial charge in [-0.25, -0.2) is 15.8 Å². The number of hydrogen-bond donors (Lipinski definition) is 2. The summed E-state index contributed by atoms with van der Waals surface area (Å²) in [6.07, 6.45) is 0. The predicted molar refractivity (Wildman–Crippen MR) is 73.3 cm³/mol. The van der Waals surface area contributed by atoms with Gasteiger partial charge in [-0.2, -0.15) is 0 Å². The molecule has 6 heteroatoms. The lowest BCUT2D eigenvalue weighted by Crippen LogP contribution is -2.11. The number of aromatic nitrogens is 3. The van der Waals surface area contributed by atoms with Crippen LogP contribution in [0.1, 0.15) is 17.1 Å². The third-order valence-corrected chi connectivity index (χ3v) is 2.56. The number of nitrogens with one attached hydrogen (secondary N) is 1. The number of nitrogens with two attached hydrogens (primary N) is 1. The summed E-state index contributed by atoms with van der Waals surface area (Å²) in [6, 6.07) is 5.65. The Morgan fingerprint density at radius 1 is 1.11 bits per heavy atom. The Morgan fingerprint density at radius 3 is 2.37 bits per heavy atom. The largest absolute Gasteiger partial charge is 0.378 e. The minimum absolute atomic E-state index is 0.410. The Balaban J connectivity index is 2.50. The fraction of sp³-hybridized carbons (Fsp3) is 0.308. The molecule has 0 aliphatic carbocycles. The Hall–Kier alpha value is -2.05. The first-order valence-electron chi connectivity index (χ1n) is 5.91. The van der Waals surface area contributed by atoms with Crippen LogP contribution >= 0.6 is 0 Å². The normalized spacial score (nSPS) is 10.5. The number of rotatable bonds is 4. The first-order valence-corrected chi connectivity index (χ1v) is 5.91. The summed E-state index contributed by atoms with van der Waals surface area (Å²) in [5, 5.41) is 0. The molecule has 3 N–H and O–H groups in total. The molecule has 2 rings (SSSR count). The van der Waals surface area contributed by atoms with Crippen molar-refractivity contribution in [2.24, 2.45) is 5.84 Å². The highest BCUT2D eigenvalue weighted by atomic mass is 16.5. The third-order valence-electron chi connectivity index (χ3n) is 2.56. The summed E-state index contributed by atoms with van der Waals surface area (Å²) < 4.78 is 5.09. The molecule has 2 aromatic rings. The maximum absolute atomic E-state index is 5.43. The van der Waals surface area contributed by atoms with E-state index in [9.17, 15) is 0 Å². The third kappa shape index (κ3) is 3.24. The van der Waals surface area contributed by atoms with Crippen molar-refractivity contribution in [3.05, 3.63) is 35.3 Å². The molecule has 2 heterocycles. The van der Waals surface area contributed by atoms with Gasteiger partial charge in [0, 0.05) is 30.1 Å². The van der Waals surface area contributed by atoms with Gasteiger partial charge >= 0.3 is 0 Å². The molecule has 2 aromatic heterocycles. The molecule has 0 radical (unpaired) electrons. The minimum atomic E-state index is 0.410. The second kappa shape index (κ2) is 5.73. The van der Waals surface area contributed by atoms with Crippen LogP contribution in [0, 0.1) is 13.8 Å². The summed E-state index contributed by atoms with van der Waals surface area (Å²) in [5.41, 5.74) is 6.09. The lowest BCUT2D eigenvalue weighted by atomic mass is 10.2. The first-order chi connectivity index (χ1) is 9.12. The number of hydrogen-bond acceptors (Lipinski definition) is 6. The fourth-order valence-corrected chi connectivity index (χ4v) is 1.89. The minimum Gasteiger partial charge on any atom is -0.378 e. The van der Waals surface area contributed by atoms with Crippen LogP contribution in [0.2, 0.25) is 0 Å². The van der Waals surface area contributed by atoms with Crippen LogP contribution in [0.3, 0.4) is 0 Å². The van der Waals surface area contributed by atoms with Gasteiger partial charge in [-0.1, -0.05) is 0 Å². The highest BCUT2D eigenvalue weighted by molar-refractivity contribution is 5.58.